The second-order valence-electron chi connectivity index (χ2n) is 6.45. The Labute approximate surface area is 123 Å². The summed E-state index contributed by atoms with van der Waals surface area (Å²) in [6.45, 7) is 8.13. The SMILES string of the molecule is CCCN(CC1CC1)CC(NCC)(C(=O)OC)C1CC1. The summed E-state index contributed by atoms with van der Waals surface area (Å²) in [5, 5.41) is 3.48. The zero-order chi connectivity index (χ0) is 14.6. The maximum atomic E-state index is 12.4. The van der Waals surface area contributed by atoms with E-state index in [1.54, 1.807) is 0 Å². The van der Waals surface area contributed by atoms with E-state index in [4.69, 9.17) is 4.74 Å². The van der Waals surface area contributed by atoms with Gasteiger partial charge in [-0.05, 0) is 57.0 Å². The standard InChI is InChI=1S/C16H30N2O2/c1-4-10-18(11-13-6-7-13)12-16(17-5-2,14-8-9-14)15(19)20-3/h13-14,17H,4-12H2,1-3H3. The van der Waals surface area contributed by atoms with E-state index >= 15 is 0 Å². The molecule has 0 spiro atoms. The minimum Gasteiger partial charge on any atom is -0.468 e. The Kier molecular flexibility index (Phi) is 5.44. The Morgan fingerprint density at radius 3 is 2.45 bits per heavy atom. The number of likely N-dealkylation sites (N-methyl/N-ethyl adjacent to an activating group) is 1. The number of rotatable bonds is 10. The predicted octanol–water partition coefficient (Wildman–Crippen LogP) is 2.04. The van der Waals surface area contributed by atoms with Crippen LogP contribution in [0.2, 0.25) is 0 Å². The lowest BCUT2D eigenvalue weighted by atomic mass is 9.91. The molecule has 0 bridgehead atoms. The molecule has 0 aromatic carbocycles. The van der Waals surface area contributed by atoms with Gasteiger partial charge >= 0.3 is 5.97 Å². The lowest BCUT2D eigenvalue weighted by Gasteiger charge is -2.37. The van der Waals surface area contributed by atoms with Crippen molar-refractivity contribution in [3.8, 4) is 0 Å². The number of nitrogens with zero attached hydrogens (tertiary/aromatic N) is 1. The Morgan fingerprint density at radius 1 is 1.30 bits per heavy atom. The molecule has 1 atom stereocenters. The fourth-order valence-corrected chi connectivity index (χ4v) is 3.28. The van der Waals surface area contributed by atoms with Crippen LogP contribution in [0.5, 0.6) is 0 Å². The lowest BCUT2D eigenvalue weighted by molar-refractivity contribution is -0.150. The summed E-state index contributed by atoms with van der Waals surface area (Å²) in [4.78, 5) is 14.9. The third-order valence-electron chi connectivity index (χ3n) is 4.54. The molecule has 0 aromatic rings. The van der Waals surface area contributed by atoms with Gasteiger partial charge in [0.25, 0.3) is 0 Å². The number of hydrogen-bond acceptors (Lipinski definition) is 4. The van der Waals surface area contributed by atoms with Gasteiger partial charge in [-0.15, -0.1) is 0 Å². The molecule has 2 aliphatic carbocycles. The van der Waals surface area contributed by atoms with Gasteiger partial charge in [-0.2, -0.15) is 0 Å². The van der Waals surface area contributed by atoms with Crippen LogP contribution in [0.1, 0.15) is 46.0 Å². The van der Waals surface area contributed by atoms with Crippen LogP contribution in [0.3, 0.4) is 0 Å². The van der Waals surface area contributed by atoms with Crippen LogP contribution >= 0.6 is 0 Å². The molecule has 116 valence electrons. The molecule has 4 heteroatoms. The molecule has 2 fully saturated rings. The minimum absolute atomic E-state index is 0.0706. The summed E-state index contributed by atoms with van der Waals surface area (Å²) < 4.78 is 5.14. The average Bonchev–Trinajstić information content (AvgIpc) is 3.28. The quantitative estimate of drug-likeness (QED) is 0.623. The molecular formula is C16H30N2O2. The van der Waals surface area contributed by atoms with E-state index in [9.17, 15) is 4.79 Å². The topological polar surface area (TPSA) is 41.6 Å². The highest BCUT2D eigenvalue weighted by molar-refractivity contribution is 5.82. The van der Waals surface area contributed by atoms with Gasteiger partial charge in [-0.3, -0.25) is 0 Å². The predicted molar refractivity (Wildman–Crippen MR) is 80.6 cm³/mol. The summed E-state index contributed by atoms with van der Waals surface area (Å²) in [6, 6.07) is 0. The van der Waals surface area contributed by atoms with Crippen LogP contribution in [0.4, 0.5) is 0 Å². The molecule has 1 unspecified atom stereocenters. The van der Waals surface area contributed by atoms with Gasteiger partial charge in [0.1, 0.15) is 5.54 Å². The van der Waals surface area contributed by atoms with Crippen LogP contribution in [0.15, 0.2) is 0 Å². The molecule has 0 radical (unpaired) electrons. The highest BCUT2D eigenvalue weighted by Gasteiger charge is 2.52. The van der Waals surface area contributed by atoms with Crippen LogP contribution in [-0.2, 0) is 9.53 Å². The maximum Gasteiger partial charge on any atom is 0.327 e. The van der Waals surface area contributed by atoms with Gasteiger partial charge in [0.2, 0.25) is 0 Å². The minimum atomic E-state index is -0.479. The second kappa shape index (κ2) is 6.90. The normalized spacial score (nSPS) is 21.8. The zero-order valence-corrected chi connectivity index (χ0v) is 13.3. The third kappa shape index (κ3) is 3.73. The van der Waals surface area contributed by atoms with Gasteiger partial charge < -0.3 is 15.0 Å². The summed E-state index contributed by atoms with van der Waals surface area (Å²) in [7, 11) is 1.52. The molecule has 0 aliphatic heterocycles. The Balaban J connectivity index is 2.08. The summed E-state index contributed by atoms with van der Waals surface area (Å²) in [5.74, 6) is 1.24. The van der Waals surface area contributed by atoms with E-state index in [1.165, 1.54) is 20.0 Å². The number of carbonyl (C=O) groups excluding carboxylic acids is 1. The highest BCUT2D eigenvalue weighted by atomic mass is 16.5. The molecule has 1 N–H and O–H groups in total. The highest BCUT2D eigenvalue weighted by Crippen LogP contribution is 2.41. The Morgan fingerprint density at radius 2 is 2.00 bits per heavy atom. The molecule has 2 rings (SSSR count). The van der Waals surface area contributed by atoms with E-state index in [-0.39, 0.29) is 5.97 Å². The van der Waals surface area contributed by atoms with Gasteiger partial charge in [0.05, 0.1) is 7.11 Å². The van der Waals surface area contributed by atoms with Crippen LogP contribution in [-0.4, -0.2) is 49.7 Å². The smallest absolute Gasteiger partial charge is 0.327 e. The molecule has 20 heavy (non-hydrogen) atoms. The molecule has 0 amide bonds. The Bertz CT molecular complexity index is 326. The van der Waals surface area contributed by atoms with Crippen molar-refractivity contribution in [2.75, 3.05) is 33.3 Å². The van der Waals surface area contributed by atoms with Crippen molar-refractivity contribution in [1.82, 2.24) is 10.2 Å². The van der Waals surface area contributed by atoms with Crippen LogP contribution < -0.4 is 5.32 Å². The third-order valence-corrected chi connectivity index (χ3v) is 4.54. The first-order valence-corrected chi connectivity index (χ1v) is 8.22. The van der Waals surface area contributed by atoms with Crippen molar-refractivity contribution in [2.24, 2.45) is 11.8 Å². The van der Waals surface area contributed by atoms with Crippen molar-refractivity contribution in [3.05, 3.63) is 0 Å². The van der Waals surface area contributed by atoms with E-state index in [2.05, 4.69) is 24.1 Å². The van der Waals surface area contributed by atoms with E-state index < -0.39 is 5.54 Å². The van der Waals surface area contributed by atoms with Crippen molar-refractivity contribution < 1.29 is 9.53 Å². The molecule has 2 aliphatic rings. The van der Waals surface area contributed by atoms with E-state index in [0.29, 0.717) is 5.92 Å². The maximum absolute atomic E-state index is 12.4. The van der Waals surface area contributed by atoms with Gasteiger partial charge in [-0.1, -0.05) is 13.8 Å². The molecule has 2 saturated carbocycles. The van der Waals surface area contributed by atoms with Gasteiger partial charge in [0.15, 0.2) is 0 Å². The molecule has 0 aromatic heterocycles. The monoisotopic (exact) mass is 282 g/mol. The van der Waals surface area contributed by atoms with Crippen LogP contribution in [0.25, 0.3) is 0 Å². The Hall–Kier alpha value is -0.610. The van der Waals surface area contributed by atoms with Crippen molar-refractivity contribution >= 4 is 5.97 Å². The lowest BCUT2D eigenvalue weighted by Crippen LogP contribution is -2.61. The van der Waals surface area contributed by atoms with Gasteiger partial charge in [0, 0.05) is 13.1 Å². The van der Waals surface area contributed by atoms with Crippen molar-refractivity contribution in [3.63, 3.8) is 0 Å². The fourth-order valence-electron chi connectivity index (χ4n) is 3.28. The zero-order valence-electron chi connectivity index (χ0n) is 13.3. The number of hydrogen-bond donors (Lipinski definition) is 1. The van der Waals surface area contributed by atoms with Crippen molar-refractivity contribution in [2.45, 2.75) is 51.5 Å². The van der Waals surface area contributed by atoms with Gasteiger partial charge in [-0.25, -0.2) is 4.79 Å². The number of esters is 1. The average molecular weight is 282 g/mol. The fraction of sp³-hybridized carbons (Fsp3) is 0.938. The number of nitrogens with one attached hydrogen (secondary N) is 1. The largest absolute Gasteiger partial charge is 0.468 e. The molecular weight excluding hydrogens is 252 g/mol. The number of ether oxygens (including phenoxy) is 1. The molecule has 0 saturated heterocycles. The van der Waals surface area contributed by atoms with Crippen molar-refractivity contribution in [1.29, 1.82) is 0 Å². The summed E-state index contributed by atoms with van der Waals surface area (Å²) >= 11 is 0. The first kappa shape index (κ1) is 15.8. The summed E-state index contributed by atoms with van der Waals surface area (Å²) in [6.07, 6.45) is 6.14. The number of methoxy groups -OCH3 is 1. The van der Waals surface area contributed by atoms with E-state index in [1.807, 2.05) is 0 Å². The van der Waals surface area contributed by atoms with Crippen LogP contribution in [0, 0.1) is 11.8 Å². The molecule has 0 heterocycles. The second-order valence-corrected chi connectivity index (χ2v) is 6.45. The number of carbonyl (C=O) groups is 1. The van der Waals surface area contributed by atoms with E-state index in [0.717, 1.165) is 51.4 Å². The first-order valence-electron chi connectivity index (χ1n) is 8.22. The first-order chi connectivity index (χ1) is 9.66. The molecule has 4 nitrogen and oxygen atoms in total. The summed E-state index contributed by atoms with van der Waals surface area (Å²) in [5.41, 5.74) is -0.479.